The highest BCUT2D eigenvalue weighted by atomic mass is 19.1. The summed E-state index contributed by atoms with van der Waals surface area (Å²) in [5.74, 6) is 0.413. The van der Waals surface area contributed by atoms with Gasteiger partial charge in [0.1, 0.15) is 11.5 Å². The van der Waals surface area contributed by atoms with Crippen molar-refractivity contribution in [2.75, 3.05) is 7.11 Å². The number of nitrogens with zero attached hydrogens (tertiary/aromatic N) is 1. The number of ether oxygens (including phenoxy) is 1. The molecule has 0 aliphatic rings. The standard InChI is InChI=1S/C12H13FN2O2/c1-7-9(6-14)12(15-17-7)8-3-4-11(16-2)10(13)5-8/h3-5H,6,14H2,1-2H3. The molecule has 17 heavy (non-hydrogen) atoms. The molecular formula is C12H13FN2O2. The van der Waals surface area contributed by atoms with Gasteiger partial charge in [0.05, 0.1) is 7.11 Å². The van der Waals surface area contributed by atoms with E-state index in [0.29, 0.717) is 23.6 Å². The van der Waals surface area contributed by atoms with Crippen LogP contribution in [-0.2, 0) is 6.54 Å². The Balaban J connectivity index is 2.49. The summed E-state index contributed by atoms with van der Waals surface area (Å²) >= 11 is 0. The van der Waals surface area contributed by atoms with Crippen LogP contribution in [0.3, 0.4) is 0 Å². The number of benzene rings is 1. The molecule has 1 aromatic carbocycles. The van der Waals surface area contributed by atoms with Gasteiger partial charge in [-0.25, -0.2) is 4.39 Å². The summed E-state index contributed by atoms with van der Waals surface area (Å²) < 4.78 is 23.5. The number of aryl methyl sites for hydroxylation is 1. The molecule has 2 aromatic rings. The molecule has 2 N–H and O–H groups in total. The highest BCUT2D eigenvalue weighted by molar-refractivity contribution is 5.64. The zero-order valence-electron chi connectivity index (χ0n) is 9.66. The zero-order valence-corrected chi connectivity index (χ0v) is 9.66. The third-order valence-electron chi connectivity index (χ3n) is 2.61. The van der Waals surface area contributed by atoms with Crippen LogP contribution < -0.4 is 10.5 Å². The number of nitrogens with two attached hydrogens (primary N) is 1. The fourth-order valence-electron chi connectivity index (χ4n) is 1.67. The van der Waals surface area contributed by atoms with Crippen LogP contribution in [0.5, 0.6) is 5.75 Å². The average Bonchev–Trinajstić information content (AvgIpc) is 2.70. The summed E-state index contributed by atoms with van der Waals surface area (Å²) in [5.41, 5.74) is 7.60. The second-order valence-corrected chi connectivity index (χ2v) is 3.62. The lowest BCUT2D eigenvalue weighted by molar-refractivity contribution is 0.386. The Labute approximate surface area is 98.2 Å². The van der Waals surface area contributed by atoms with E-state index in [1.807, 2.05) is 0 Å². The molecule has 4 nitrogen and oxygen atoms in total. The topological polar surface area (TPSA) is 61.3 Å². The fourth-order valence-corrected chi connectivity index (χ4v) is 1.67. The summed E-state index contributed by atoms with van der Waals surface area (Å²) in [4.78, 5) is 0. The average molecular weight is 236 g/mol. The van der Waals surface area contributed by atoms with Gasteiger partial charge in [-0.3, -0.25) is 0 Å². The van der Waals surface area contributed by atoms with Crippen LogP contribution in [0.2, 0.25) is 0 Å². The van der Waals surface area contributed by atoms with Gasteiger partial charge in [-0.2, -0.15) is 0 Å². The molecule has 0 aliphatic heterocycles. The lowest BCUT2D eigenvalue weighted by atomic mass is 10.1. The summed E-state index contributed by atoms with van der Waals surface area (Å²) in [6.45, 7) is 2.08. The van der Waals surface area contributed by atoms with Crippen LogP contribution in [0.15, 0.2) is 22.7 Å². The van der Waals surface area contributed by atoms with Crippen molar-refractivity contribution in [3.8, 4) is 17.0 Å². The highest BCUT2D eigenvalue weighted by Gasteiger charge is 2.14. The monoisotopic (exact) mass is 236 g/mol. The number of halogens is 1. The second-order valence-electron chi connectivity index (χ2n) is 3.62. The molecule has 5 heteroatoms. The van der Waals surface area contributed by atoms with E-state index >= 15 is 0 Å². The van der Waals surface area contributed by atoms with Gasteiger partial charge >= 0.3 is 0 Å². The third-order valence-corrected chi connectivity index (χ3v) is 2.61. The Morgan fingerprint density at radius 3 is 2.82 bits per heavy atom. The van der Waals surface area contributed by atoms with E-state index in [4.69, 9.17) is 15.0 Å². The minimum atomic E-state index is -0.436. The van der Waals surface area contributed by atoms with Gasteiger partial charge in [0.2, 0.25) is 0 Å². The van der Waals surface area contributed by atoms with Crippen LogP contribution in [0.25, 0.3) is 11.3 Å². The predicted octanol–water partition coefficient (Wildman–Crippen LogP) is 2.26. The molecule has 2 rings (SSSR count). The highest BCUT2D eigenvalue weighted by Crippen LogP contribution is 2.28. The maximum Gasteiger partial charge on any atom is 0.165 e. The molecule has 0 unspecified atom stereocenters. The third kappa shape index (κ3) is 2.01. The molecule has 0 fully saturated rings. The molecule has 90 valence electrons. The molecule has 1 aromatic heterocycles. The van der Waals surface area contributed by atoms with Gasteiger partial charge in [0, 0.05) is 17.7 Å². The van der Waals surface area contributed by atoms with Gasteiger partial charge in [-0.05, 0) is 25.1 Å². The van der Waals surface area contributed by atoms with Crippen molar-refractivity contribution in [2.45, 2.75) is 13.5 Å². The summed E-state index contributed by atoms with van der Waals surface area (Å²) in [6, 6.07) is 4.63. The second kappa shape index (κ2) is 4.55. The lowest BCUT2D eigenvalue weighted by Gasteiger charge is -2.04. The van der Waals surface area contributed by atoms with Gasteiger partial charge in [-0.15, -0.1) is 0 Å². The largest absolute Gasteiger partial charge is 0.494 e. The van der Waals surface area contributed by atoms with E-state index in [0.717, 1.165) is 5.56 Å². The Morgan fingerprint density at radius 2 is 2.24 bits per heavy atom. The number of hydrogen-bond acceptors (Lipinski definition) is 4. The van der Waals surface area contributed by atoms with Crippen molar-refractivity contribution < 1.29 is 13.7 Å². The molecule has 0 saturated heterocycles. The van der Waals surface area contributed by atoms with E-state index in [-0.39, 0.29) is 5.75 Å². The van der Waals surface area contributed by atoms with Crippen LogP contribution in [-0.4, -0.2) is 12.3 Å². The summed E-state index contributed by atoms with van der Waals surface area (Å²) in [7, 11) is 1.42. The zero-order chi connectivity index (χ0) is 12.4. The number of aromatic nitrogens is 1. The SMILES string of the molecule is COc1ccc(-c2noc(C)c2CN)cc1F. The number of hydrogen-bond donors (Lipinski definition) is 1. The molecule has 0 saturated carbocycles. The molecule has 0 aliphatic carbocycles. The molecule has 1 heterocycles. The van der Waals surface area contributed by atoms with Crippen LogP contribution in [0.4, 0.5) is 4.39 Å². The summed E-state index contributed by atoms with van der Waals surface area (Å²) in [6.07, 6.45) is 0. The maximum atomic E-state index is 13.6. The molecule has 0 amide bonds. The quantitative estimate of drug-likeness (QED) is 0.887. The van der Waals surface area contributed by atoms with E-state index in [2.05, 4.69) is 5.16 Å². The summed E-state index contributed by atoms with van der Waals surface area (Å²) in [5, 5.41) is 3.89. The molecule has 0 bridgehead atoms. The normalized spacial score (nSPS) is 10.6. The Kier molecular flexibility index (Phi) is 3.10. The first-order valence-corrected chi connectivity index (χ1v) is 5.16. The molecule has 0 atom stereocenters. The lowest BCUT2D eigenvalue weighted by Crippen LogP contribution is -1.99. The van der Waals surface area contributed by atoms with Crippen molar-refractivity contribution in [1.29, 1.82) is 0 Å². The number of methoxy groups -OCH3 is 1. The van der Waals surface area contributed by atoms with Crippen molar-refractivity contribution in [2.24, 2.45) is 5.73 Å². The van der Waals surface area contributed by atoms with Crippen LogP contribution in [0, 0.1) is 12.7 Å². The first kappa shape index (κ1) is 11.6. The van der Waals surface area contributed by atoms with Crippen LogP contribution >= 0.6 is 0 Å². The smallest absolute Gasteiger partial charge is 0.165 e. The molecular weight excluding hydrogens is 223 g/mol. The number of rotatable bonds is 3. The Hall–Kier alpha value is -1.88. The minimum absolute atomic E-state index is 0.197. The van der Waals surface area contributed by atoms with Gasteiger partial charge in [0.25, 0.3) is 0 Å². The minimum Gasteiger partial charge on any atom is -0.494 e. The van der Waals surface area contributed by atoms with Crippen molar-refractivity contribution >= 4 is 0 Å². The van der Waals surface area contributed by atoms with E-state index in [9.17, 15) is 4.39 Å². The van der Waals surface area contributed by atoms with Crippen molar-refractivity contribution in [3.63, 3.8) is 0 Å². The van der Waals surface area contributed by atoms with Gasteiger partial charge in [-0.1, -0.05) is 5.16 Å². The van der Waals surface area contributed by atoms with Crippen LogP contribution in [0.1, 0.15) is 11.3 Å². The maximum absolute atomic E-state index is 13.6. The molecule has 0 spiro atoms. The molecule has 0 radical (unpaired) electrons. The first-order valence-electron chi connectivity index (χ1n) is 5.16. The van der Waals surface area contributed by atoms with Gasteiger partial charge in [0.15, 0.2) is 11.6 Å². The first-order chi connectivity index (χ1) is 8.17. The van der Waals surface area contributed by atoms with Crippen molar-refractivity contribution in [3.05, 3.63) is 35.3 Å². The van der Waals surface area contributed by atoms with E-state index in [1.165, 1.54) is 13.2 Å². The fraction of sp³-hybridized carbons (Fsp3) is 0.250. The van der Waals surface area contributed by atoms with Crippen molar-refractivity contribution in [1.82, 2.24) is 5.16 Å². The van der Waals surface area contributed by atoms with E-state index < -0.39 is 5.82 Å². The van der Waals surface area contributed by atoms with Gasteiger partial charge < -0.3 is 15.0 Å². The Bertz CT molecular complexity index is 537. The Morgan fingerprint density at radius 1 is 1.47 bits per heavy atom. The predicted molar refractivity (Wildman–Crippen MR) is 61.1 cm³/mol. The van der Waals surface area contributed by atoms with E-state index in [1.54, 1.807) is 19.1 Å².